The van der Waals surface area contributed by atoms with Gasteiger partial charge in [-0.3, -0.25) is 0 Å². The van der Waals surface area contributed by atoms with Crippen molar-refractivity contribution >= 4 is 66.5 Å². The van der Waals surface area contributed by atoms with Crippen molar-refractivity contribution in [1.29, 1.82) is 0 Å². The van der Waals surface area contributed by atoms with Crippen molar-refractivity contribution in [2.45, 2.75) is 38.7 Å². The number of sulfonamides is 1. The van der Waals surface area contributed by atoms with Gasteiger partial charge in [-0.25, -0.2) is 13.1 Å². The lowest BCUT2D eigenvalue weighted by Gasteiger charge is -2.29. The second kappa shape index (κ2) is 7.56. The van der Waals surface area contributed by atoms with Crippen LogP contribution in [0.5, 0.6) is 0 Å². The minimum Gasteiger partial charge on any atom is -0.210 e. The fraction of sp³-hybridized carbons (Fsp3) is 0.692. The third-order valence-electron chi connectivity index (χ3n) is 3.79. The first kappa shape index (κ1) is 17.4. The average Bonchev–Trinajstić information content (AvgIpc) is 2.84. The summed E-state index contributed by atoms with van der Waals surface area (Å²) in [6.45, 7) is 2.51. The van der Waals surface area contributed by atoms with Crippen molar-refractivity contribution < 1.29 is 8.42 Å². The van der Waals surface area contributed by atoms with Gasteiger partial charge in [0, 0.05) is 11.4 Å². The summed E-state index contributed by atoms with van der Waals surface area (Å²) in [5.41, 5.74) is 0. The fourth-order valence-electron chi connectivity index (χ4n) is 2.50. The topological polar surface area (TPSA) is 46.2 Å². The van der Waals surface area contributed by atoms with Crippen molar-refractivity contribution in [2.24, 2.45) is 11.8 Å². The van der Waals surface area contributed by atoms with E-state index in [9.17, 15) is 8.42 Å². The van der Waals surface area contributed by atoms with E-state index in [1.807, 2.05) is 13.0 Å². The minimum atomic E-state index is -3.30. The van der Waals surface area contributed by atoms with Crippen LogP contribution < -0.4 is 4.72 Å². The monoisotopic (exact) mass is 539 g/mol. The number of rotatable bonds is 5. The third kappa shape index (κ3) is 4.79. The number of alkyl halides is 2. The summed E-state index contributed by atoms with van der Waals surface area (Å²) in [5, 5.41) is 0. The number of nitrogens with one attached hydrogen (secondary N) is 1. The minimum absolute atomic E-state index is 0.434. The maximum absolute atomic E-state index is 12.2. The number of hydrogen-bond donors (Lipinski definition) is 1. The first-order valence-corrected chi connectivity index (χ1v) is 11.5. The molecule has 0 aromatic carbocycles. The number of thiophene rings is 1. The van der Waals surface area contributed by atoms with Crippen LogP contribution in [-0.4, -0.2) is 16.9 Å². The maximum atomic E-state index is 12.2. The Morgan fingerprint density at radius 2 is 1.95 bits per heavy atom. The SMILES string of the molecule is Cc1ccc(S(=O)(=O)NCC2CCC(C(I)I)CC2)s1. The second-order valence-corrected chi connectivity index (χ2v) is 13.7. The predicted octanol–water partition coefficient (Wildman–Crippen LogP) is 4.34. The lowest BCUT2D eigenvalue weighted by atomic mass is 9.83. The molecular formula is C13H19I2NO2S2. The molecule has 7 heteroatoms. The summed E-state index contributed by atoms with van der Waals surface area (Å²) < 4.78 is 28.2. The highest BCUT2D eigenvalue weighted by molar-refractivity contribution is 14.2. The van der Waals surface area contributed by atoms with Crippen LogP contribution in [0.2, 0.25) is 0 Å². The zero-order chi connectivity index (χ0) is 14.8. The zero-order valence-corrected chi connectivity index (χ0v) is 17.3. The molecule has 1 N–H and O–H groups in total. The van der Waals surface area contributed by atoms with E-state index in [2.05, 4.69) is 49.9 Å². The molecule has 1 aromatic rings. The van der Waals surface area contributed by atoms with Gasteiger partial charge < -0.3 is 0 Å². The molecule has 0 radical (unpaired) electrons. The summed E-state index contributed by atoms with van der Waals surface area (Å²) in [6.07, 6.45) is 4.72. The van der Waals surface area contributed by atoms with Gasteiger partial charge in [-0.1, -0.05) is 45.2 Å². The molecule has 2 rings (SSSR count). The van der Waals surface area contributed by atoms with Crippen molar-refractivity contribution in [1.82, 2.24) is 4.72 Å². The Balaban J connectivity index is 1.84. The van der Waals surface area contributed by atoms with Crippen molar-refractivity contribution in [3.05, 3.63) is 17.0 Å². The van der Waals surface area contributed by atoms with Gasteiger partial charge in [0.15, 0.2) is 0 Å². The highest BCUT2D eigenvalue weighted by Gasteiger charge is 2.26. The average molecular weight is 539 g/mol. The molecule has 0 aliphatic heterocycles. The Morgan fingerprint density at radius 3 is 2.45 bits per heavy atom. The van der Waals surface area contributed by atoms with Crippen LogP contribution in [0.25, 0.3) is 0 Å². The van der Waals surface area contributed by atoms with E-state index in [-0.39, 0.29) is 0 Å². The Bertz CT molecular complexity index is 534. The summed E-state index contributed by atoms with van der Waals surface area (Å²) in [4.78, 5) is 1.03. The predicted molar refractivity (Wildman–Crippen MR) is 102 cm³/mol. The molecule has 0 saturated heterocycles. The molecule has 20 heavy (non-hydrogen) atoms. The summed E-state index contributed by atoms with van der Waals surface area (Å²) in [7, 11) is -3.30. The van der Waals surface area contributed by atoms with E-state index in [0.29, 0.717) is 18.6 Å². The molecule has 1 aliphatic carbocycles. The molecule has 1 saturated carbocycles. The lowest BCUT2D eigenvalue weighted by Crippen LogP contribution is -2.31. The molecule has 0 unspecified atom stereocenters. The van der Waals surface area contributed by atoms with Gasteiger partial charge in [-0.05, 0) is 56.6 Å². The van der Waals surface area contributed by atoms with Crippen LogP contribution in [0.3, 0.4) is 0 Å². The highest BCUT2D eigenvalue weighted by atomic mass is 127. The third-order valence-corrected chi connectivity index (χ3v) is 8.74. The zero-order valence-electron chi connectivity index (χ0n) is 11.3. The highest BCUT2D eigenvalue weighted by Crippen LogP contribution is 2.36. The first-order valence-electron chi connectivity index (χ1n) is 6.73. The van der Waals surface area contributed by atoms with Crippen LogP contribution >= 0.6 is 56.5 Å². The van der Waals surface area contributed by atoms with Gasteiger partial charge >= 0.3 is 0 Å². The molecule has 0 atom stereocenters. The number of halogens is 2. The molecule has 1 aromatic heterocycles. The Labute approximate surface area is 152 Å². The van der Waals surface area contributed by atoms with Gasteiger partial charge in [0.1, 0.15) is 4.21 Å². The standard InChI is InChI=1S/C13H19I2NO2S2/c1-9-2-7-12(19-9)20(17,18)16-8-10-3-5-11(6-4-10)13(14)15/h2,7,10-11,13,16H,3-6,8H2,1H3. The van der Waals surface area contributed by atoms with E-state index in [4.69, 9.17) is 0 Å². The fourth-order valence-corrected chi connectivity index (χ4v) is 6.38. The summed E-state index contributed by atoms with van der Waals surface area (Å²) >= 11 is 6.31. The lowest BCUT2D eigenvalue weighted by molar-refractivity contribution is 0.293. The van der Waals surface area contributed by atoms with E-state index in [0.717, 1.165) is 23.6 Å². The van der Waals surface area contributed by atoms with E-state index in [1.54, 1.807) is 6.07 Å². The smallest absolute Gasteiger partial charge is 0.210 e. The molecule has 1 fully saturated rings. The molecule has 0 amide bonds. The van der Waals surface area contributed by atoms with Gasteiger partial charge in [-0.15, -0.1) is 11.3 Å². The second-order valence-electron chi connectivity index (χ2n) is 5.33. The van der Waals surface area contributed by atoms with Gasteiger partial charge in [0.25, 0.3) is 0 Å². The summed E-state index contributed by atoms with van der Waals surface area (Å²) in [6, 6.07) is 3.54. The Morgan fingerprint density at radius 1 is 1.30 bits per heavy atom. The van der Waals surface area contributed by atoms with E-state index < -0.39 is 10.0 Å². The summed E-state index contributed by atoms with van der Waals surface area (Å²) in [5.74, 6) is 1.29. The van der Waals surface area contributed by atoms with E-state index in [1.165, 1.54) is 24.2 Å². The normalized spacial score (nSPS) is 24.2. The largest absolute Gasteiger partial charge is 0.250 e. The molecule has 1 aliphatic rings. The number of hydrogen-bond acceptors (Lipinski definition) is 3. The van der Waals surface area contributed by atoms with Crippen molar-refractivity contribution in [2.75, 3.05) is 6.54 Å². The van der Waals surface area contributed by atoms with Crippen LogP contribution in [0.15, 0.2) is 16.3 Å². The Kier molecular flexibility index (Phi) is 6.59. The van der Waals surface area contributed by atoms with E-state index >= 15 is 0 Å². The molecule has 3 nitrogen and oxygen atoms in total. The van der Waals surface area contributed by atoms with Crippen LogP contribution in [0.4, 0.5) is 0 Å². The first-order chi connectivity index (χ1) is 9.38. The molecule has 114 valence electrons. The van der Waals surface area contributed by atoms with Gasteiger partial charge in [0.05, 0.1) is 1.93 Å². The van der Waals surface area contributed by atoms with Crippen LogP contribution in [0, 0.1) is 18.8 Å². The maximum Gasteiger partial charge on any atom is 0.250 e. The number of aryl methyl sites for hydroxylation is 1. The van der Waals surface area contributed by atoms with Crippen LogP contribution in [-0.2, 0) is 10.0 Å². The molecular weight excluding hydrogens is 520 g/mol. The Hall–Kier alpha value is 1.07. The molecule has 1 heterocycles. The van der Waals surface area contributed by atoms with Gasteiger partial charge in [0.2, 0.25) is 10.0 Å². The molecule has 0 spiro atoms. The van der Waals surface area contributed by atoms with Crippen molar-refractivity contribution in [3.8, 4) is 0 Å². The van der Waals surface area contributed by atoms with Crippen molar-refractivity contribution in [3.63, 3.8) is 0 Å². The quantitative estimate of drug-likeness (QED) is 0.448. The van der Waals surface area contributed by atoms with Gasteiger partial charge in [-0.2, -0.15) is 0 Å². The molecule has 0 bridgehead atoms. The van der Waals surface area contributed by atoms with Crippen LogP contribution in [0.1, 0.15) is 30.6 Å².